The summed E-state index contributed by atoms with van der Waals surface area (Å²) in [5, 5.41) is 9.04. The van der Waals surface area contributed by atoms with Crippen molar-refractivity contribution in [2.45, 2.75) is 39.3 Å². The van der Waals surface area contributed by atoms with Crippen molar-refractivity contribution < 1.29 is 9.53 Å². The van der Waals surface area contributed by atoms with E-state index in [4.69, 9.17) is 4.74 Å². The van der Waals surface area contributed by atoms with E-state index in [1.807, 2.05) is 38.3 Å². The lowest BCUT2D eigenvalue weighted by Gasteiger charge is -2.19. The Morgan fingerprint density at radius 3 is 2.75 bits per heavy atom. The summed E-state index contributed by atoms with van der Waals surface area (Å²) in [6.45, 7) is 8.79. The molecular weight excluding hydrogens is 274 g/mol. The van der Waals surface area contributed by atoms with Crippen LogP contribution < -0.4 is 10.6 Å². The smallest absolute Gasteiger partial charge is 0.407 e. The molecule has 112 valence electrons. The van der Waals surface area contributed by atoms with E-state index in [0.29, 0.717) is 6.54 Å². The van der Waals surface area contributed by atoms with Crippen molar-refractivity contribution in [2.75, 3.05) is 13.1 Å². The Bertz CT molecular complexity index is 424. The Kier molecular flexibility index (Phi) is 6.67. The minimum Gasteiger partial charge on any atom is -0.444 e. The van der Waals surface area contributed by atoms with Gasteiger partial charge in [-0.3, -0.25) is 0 Å². The number of nitrogens with one attached hydrogen (secondary N) is 2. The molecule has 5 nitrogen and oxygen atoms in total. The van der Waals surface area contributed by atoms with E-state index in [0.717, 1.165) is 11.6 Å². The van der Waals surface area contributed by atoms with Crippen LogP contribution in [0.2, 0.25) is 0 Å². The molecule has 6 heteroatoms. The molecule has 1 aromatic rings. The van der Waals surface area contributed by atoms with Crippen molar-refractivity contribution in [2.24, 2.45) is 0 Å². The van der Waals surface area contributed by atoms with Crippen LogP contribution in [0.5, 0.6) is 0 Å². The summed E-state index contributed by atoms with van der Waals surface area (Å²) in [7, 11) is 0. The first-order valence-corrected chi connectivity index (χ1v) is 7.51. The number of thiazole rings is 1. The summed E-state index contributed by atoms with van der Waals surface area (Å²) in [5.74, 6) is 0. The van der Waals surface area contributed by atoms with E-state index in [1.54, 1.807) is 17.5 Å². The summed E-state index contributed by atoms with van der Waals surface area (Å²) in [6, 6.07) is 0.235. The van der Waals surface area contributed by atoms with E-state index in [2.05, 4.69) is 22.5 Å². The lowest BCUT2D eigenvalue weighted by atomic mass is 10.2. The van der Waals surface area contributed by atoms with Gasteiger partial charge in [-0.2, -0.15) is 0 Å². The Morgan fingerprint density at radius 1 is 1.45 bits per heavy atom. The highest BCUT2D eigenvalue weighted by Crippen LogP contribution is 2.13. The van der Waals surface area contributed by atoms with Gasteiger partial charge in [-0.1, -0.05) is 12.2 Å². The van der Waals surface area contributed by atoms with E-state index < -0.39 is 11.7 Å². The Morgan fingerprint density at radius 2 is 2.15 bits per heavy atom. The van der Waals surface area contributed by atoms with Gasteiger partial charge in [-0.25, -0.2) is 9.78 Å². The van der Waals surface area contributed by atoms with Crippen LogP contribution >= 0.6 is 11.3 Å². The van der Waals surface area contributed by atoms with E-state index in [9.17, 15) is 4.79 Å². The molecular formula is C14H23N3O2S. The highest BCUT2D eigenvalue weighted by Gasteiger charge is 2.14. The van der Waals surface area contributed by atoms with Crippen LogP contribution in [0.25, 0.3) is 0 Å². The van der Waals surface area contributed by atoms with Gasteiger partial charge in [0.15, 0.2) is 0 Å². The number of nitrogens with zero attached hydrogens (tertiary/aromatic N) is 1. The SMILES string of the molecule is CC(NC/C=C/CNC(=O)OC(C)(C)C)c1nccs1. The topological polar surface area (TPSA) is 63.2 Å². The molecule has 0 aliphatic carbocycles. The molecule has 1 heterocycles. The number of alkyl carbamates (subject to hydrolysis) is 1. The Balaban J connectivity index is 2.12. The first-order valence-electron chi connectivity index (χ1n) is 6.63. The predicted octanol–water partition coefficient (Wildman–Crippen LogP) is 2.87. The third-order valence-electron chi connectivity index (χ3n) is 2.29. The fraction of sp³-hybridized carbons (Fsp3) is 0.571. The third kappa shape index (κ3) is 7.25. The lowest BCUT2D eigenvalue weighted by molar-refractivity contribution is 0.0534. The maximum atomic E-state index is 11.4. The van der Waals surface area contributed by atoms with Gasteiger partial charge in [-0.15, -0.1) is 11.3 Å². The summed E-state index contributed by atoms with van der Waals surface area (Å²) >= 11 is 1.64. The zero-order valence-electron chi connectivity index (χ0n) is 12.5. The molecule has 0 aliphatic rings. The fourth-order valence-electron chi connectivity index (χ4n) is 1.40. The van der Waals surface area contributed by atoms with Gasteiger partial charge in [0, 0.05) is 24.7 Å². The average Bonchev–Trinajstić information content (AvgIpc) is 2.84. The summed E-state index contributed by atoms with van der Waals surface area (Å²) in [6.07, 6.45) is 5.28. The monoisotopic (exact) mass is 297 g/mol. The largest absolute Gasteiger partial charge is 0.444 e. The van der Waals surface area contributed by atoms with Crippen LogP contribution in [-0.4, -0.2) is 29.8 Å². The van der Waals surface area contributed by atoms with Gasteiger partial charge >= 0.3 is 6.09 Å². The molecule has 0 aliphatic heterocycles. The Labute approximate surface area is 124 Å². The van der Waals surface area contributed by atoms with Crippen LogP contribution in [0.4, 0.5) is 4.79 Å². The summed E-state index contributed by atoms with van der Waals surface area (Å²) < 4.78 is 5.12. The van der Waals surface area contributed by atoms with Gasteiger partial charge in [0.05, 0.1) is 6.04 Å². The minimum absolute atomic E-state index is 0.235. The molecule has 1 aromatic heterocycles. The zero-order valence-corrected chi connectivity index (χ0v) is 13.3. The second-order valence-electron chi connectivity index (χ2n) is 5.35. The van der Waals surface area contributed by atoms with Crippen molar-refractivity contribution in [3.05, 3.63) is 28.7 Å². The zero-order chi connectivity index (χ0) is 15.0. The molecule has 0 spiro atoms. The maximum Gasteiger partial charge on any atom is 0.407 e. The summed E-state index contributed by atoms with van der Waals surface area (Å²) in [5.41, 5.74) is -0.460. The number of carbonyl (C=O) groups is 1. The molecule has 20 heavy (non-hydrogen) atoms. The maximum absolute atomic E-state index is 11.4. The molecule has 1 rings (SSSR count). The second kappa shape index (κ2) is 8.01. The van der Waals surface area contributed by atoms with Crippen LogP contribution in [0.1, 0.15) is 38.7 Å². The van der Waals surface area contributed by atoms with Crippen molar-refractivity contribution in [3.63, 3.8) is 0 Å². The number of aromatic nitrogens is 1. The number of amides is 1. The fourth-order valence-corrected chi connectivity index (χ4v) is 2.07. The first kappa shape index (κ1) is 16.7. The highest BCUT2D eigenvalue weighted by atomic mass is 32.1. The normalized spacial score (nSPS) is 13.4. The Hall–Kier alpha value is -1.40. The number of ether oxygens (including phenoxy) is 1. The molecule has 1 atom stereocenters. The molecule has 2 N–H and O–H groups in total. The molecule has 0 saturated heterocycles. The standard InChI is InChI=1S/C14H23N3O2S/c1-11(12-16-9-10-20-12)15-7-5-6-8-17-13(18)19-14(2,3)4/h5-6,9-11,15H,7-8H2,1-4H3,(H,17,18)/b6-5+. The van der Waals surface area contributed by atoms with Gasteiger partial charge in [0.25, 0.3) is 0 Å². The predicted molar refractivity (Wildman–Crippen MR) is 81.9 cm³/mol. The lowest BCUT2D eigenvalue weighted by Crippen LogP contribution is -2.32. The van der Waals surface area contributed by atoms with Gasteiger partial charge < -0.3 is 15.4 Å². The molecule has 0 bridgehead atoms. The third-order valence-corrected chi connectivity index (χ3v) is 3.25. The number of carbonyl (C=O) groups excluding carboxylic acids is 1. The molecule has 0 fully saturated rings. The number of hydrogen-bond donors (Lipinski definition) is 2. The molecule has 1 amide bonds. The number of hydrogen-bond acceptors (Lipinski definition) is 5. The van der Waals surface area contributed by atoms with Crippen molar-refractivity contribution in [1.82, 2.24) is 15.6 Å². The van der Waals surface area contributed by atoms with Crippen molar-refractivity contribution in [3.8, 4) is 0 Å². The molecule has 1 unspecified atom stereocenters. The first-order chi connectivity index (χ1) is 9.38. The molecule has 0 aromatic carbocycles. The van der Waals surface area contributed by atoms with E-state index in [1.165, 1.54) is 0 Å². The average molecular weight is 297 g/mol. The van der Waals surface area contributed by atoms with Crippen molar-refractivity contribution >= 4 is 17.4 Å². The number of rotatable bonds is 6. The molecule has 0 radical (unpaired) electrons. The van der Waals surface area contributed by atoms with Crippen LogP contribution in [-0.2, 0) is 4.74 Å². The van der Waals surface area contributed by atoms with Gasteiger partial charge in [-0.05, 0) is 27.7 Å². The second-order valence-corrected chi connectivity index (χ2v) is 6.28. The summed E-state index contributed by atoms with van der Waals surface area (Å²) in [4.78, 5) is 15.6. The molecule has 0 saturated carbocycles. The van der Waals surface area contributed by atoms with Crippen LogP contribution in [0.3, 0.4) is 0 Å². The quantitative estimate of drug-likeness (QED) is 0.793. The minimum atomic E-state index is -0.460. The van der Waals surface area contributed by atoms with E-state index >= 15 is 0 Å². The highest BCUT2D eigenvalue weighted by molar-refractivity contribution is 7.09. The van der Waals surface area contributed by atoms with Crippen molar-refractivity contribution in [1.29, 1.82) is 0 Å². The van der Waals surface area contributed by atoms with Crippen LogP contribution in [0, 0.1) is 0 Å². The van der Waals surface area contributed by atoms with E-state index in [-0.39, 0.29) is 6.04 Å². The van der Waals surface area contributed by atoms with Crippen LogP contribution in [0.15, 0.2) is 23.7 Å². The van der Waals surface area contributed by atoms with Gasteiger partial charge in [0.2, 0.25) is 0 Å². The van der Waals surface area contributed by atoms with Gasteiger partial charge in [0.1, 0.15) is 10.6 Å².